The SMILES string of the molecule is CCOC(=O)c1n[nH]nc1-c1c2ccccc2c(Cl)c2ccccc12. The average Bonchev–Trinajstić information content (AvgIpc) is 3.12. The van der Waals surface area contributed by atoms with E-state index in [1.165, 1.54) is 0 Å². The number of hydrogen-bond acceptors (Lipinski definition) is 4. The summed E-state index contributed by atoms with van der Waals surface area (Å²) in [6.45, 7) is 2.03. The molecule has 5 nitrogen and oxygen atoms in total. The number of benzene rings is 3. The molecule has 4 rings (SSSR count). The van der Waals surface area contributed by atoms with Crippen molar-refractivity contribution in [2.75, 3.05) is 6.61 Å². The fourth-order valence-corrected chi connectivity index (χ4v) is 3.41. The van der Waals surface area contributed by atoms with E-state index in [0.29, 0.717) is 10.7 Å². The van der Waals surface area contributed by atoms with Crippen LogP contribution in [0.3, 0.4) is 0 Å². The van der Waals surface area contributed by atoms with E-state index in [9.17, 15) is 4.79 Å². The van der Waals surface area contributed by atoms with E-state index in [0.717, 1.165) is 27.1 Å². The van der Waals surface area contributed by atoms with Crippen LogP contribution in [0.4, 0.5) is 0 Å². The number of esters is 1. The quantitative estimate of drug-likeness (QED) is 0.432. The van der Waals surface area contributed by atoms with Crippen molar-refractivity contribution < 1.29 is 9.53 Å². The highest BCUT2D eigenvalue weighted by Gasteiger charge is 2.23. The average molecular weight is 352 g/mol. The third kappa shape index (κ3) is 2.44. The van der Waals surface area contributed by atoms with E-state index < -0.39 is 5.97 Å². The van der Waals surface area contributed by atoms with Gasteiger partial charge in [-0.2, -0.15) is 10.3 Å². The number of rotatable bonds is 3. The zero-order chi connectivity index (χ0) is 17.4. The molecule has 0 amide bonds. The Morgan fingerprint density at radius 3 is 2.12 bits per heavy atom. The number of aromatic nitrogens is 3. The maximum atomic E-state index is 12.3. The lowest BCUT2D eigenvalue weighted by Crippen LogP contribution is -2.07. The van der Waals surface area contributed by atoms with E-state index in [-0.39, 0.29) is 12.3 Å². The number of ether oxygens (including phenoxy) is 1. The smallest absolute Gasteiger partial charge is 0.361 e. The van der Waals surface area contributed by atoms with Gasteiger partial charge in [-0.3, -0.25) is 0 Å². The van der Waals surface area contributed by atoms with Crippen LogP contribution in [0.2, 0.25) is 5.02 Å². The number of fused-ring (bicyclic) bond motifs is 2. The third-order valence-electron chi connectivity index (χ3n) is 4.12. The first-order chi connectivity index (χ1) is 12.2. The lowest BCUT2D eigenvalue weighted by atomic mass is 9.94. The Bertz CT molecular complexity index is 1050. The molecule has 0 fully saturated rings. The fourth-order valence-electron chi connectivity index (χ4n) is 3.08. The van der Waals surface area contributed by atoms with Crippen LogP contribution in [-0.2, 0) is 4.74 Å². The Kier molecular flexibility index (Phi) is 3.86. The first-order valence-electron chi connectivity index (χ1n) is 7.89. The summed E-state index contributed by atoms with van der Waals surface area (Å²) in [4.78, 5) is 12.3. The summed E-state index contributed by atoms with van der Waals surface area (Å²) < 4.78 is 5.11. The number of nitrogens with one attached hydrogen (secondary N) is 1. The van der Waals surface area contributed by atoms with E-state index in [1.54, 1.807) is 6.92 Å². The van der Waals surface area contributed by atoms with E-state index in [2.05, 4.69) is 15.4 Å². The lowest BCUT2D eigenvalue weighted by molar-refractivity contribution is 0.0520. The molecule has 0 radical (unpaired) electrons. The van der Waals surface area contributed by atoms with Gasteiger partial charge in [0.1, 0.15) is 5.69 Å². The monoisotopic (exact) mass is 351 g/mol. The van der Waals surface area contributed by atoms with Gasteiger partial charge in [-0.05, 0) is 17.7 Å². The minimum absolute atomic E-state index is 0.166. The molecule has 3 aromatic carbocycles. The van der Waals surface area contributed by atoms with Gasteiger partial charge in [0.05, 0.1) is 11.6 Å². The van der Waals surface area contributed by atoms with Crippen LogP contribution in [-0.4, -0.2) is 28.0 Å². The number of carbonyl (C=O) groups excluding carboxylic acids is 1. The van der Waals surface area contributed by atoms with Gasteiger partial charge in [-0.25, -0.2) is 4.79 Å². The number of nitrogens with zero attached hydrogens (tertiary/aromatic N) is 2. The summed E-state index contributed by atoms with van der Waals surface area (Å²) in [5.74, 6) is -0.505. The maximum Gasteiger partial charge on any atom is 0.361 e. The summed E-state index contributed by atoms with van der Waals surface area (Å²) in [6.07, 6.45) is 0. The number of aromatic amines is 1. The van der Waals surface area contributed by atoms with Crippen LogP contribution in [0.5, 0.6) is 0 Å². The molecule has 0 atom stereocenters. The Balaban J connectivity index is 2.13. The molecule has 4 aromatic rings. The fraction of sp³-hybridized carbons (Fsp3) is 0.105. The summed E-state index contributed by atoms with van der Waals surface area (Å²) in [7, 11) is 0. The molecule has 1 aromatic heterocycles. The van der Waals surface area contributed by atoms with Crippen molar-refractivity contribution in [2.45, 2.75) is 6.92 Å². The van der Waals surface area contributed by atoms with E-state index in [4.69, 9.17) is 16.3 Å². The van der Waals surface area contributed by atoms with Crippen molar-refractivity contribution in [3.63, 3.8) is 0 Å². The molecule has 0 saturated heterocycles. The van der Waals surface area contributed by atoms with Crippen LogP contribution >= 0.6 is 11.6 Å². The molecule has 0 unspecified atom stereocenters. The summed E-state index contributed by atoms with van der Waals surface area (Å²) in [6, 6.07) is 15.6. The van der Waals surface area contributed by atoms with Gasteiger partial charge >= 0.3 is 5.97 Å². The molecule has 1 N–H and O–H groups in total. The van der Waals surface area contributed by atoms with Gasteiger partial charge in [-0.15, -0.1) is 5.10 Å². The number of hydrogen-bond donors (Lipinski definition) is 1. The largest absolute Gasteiger partial charge is 0.461 e. The van der Waals surface area contributed by atoms with Crippen LogP contribution in [0.1, 0.15) is 17.4 Å². The first-order valence-corrected chi connectivity index (χ1v) is 8.27. The Labute approximate surface area is 148 Å². The van der Waals surface area contributed by atoms with Crippen molar-refractivity contribution in [2.24, 2.45) is 0 Å². The Hall–Kier alpha value is -2.92. The first kappa shape index (κ1) is 15.6. The Morgan fingerprint density at radius 1 is 1.00 bits per heavy atom. The molecular weight excluding hydrogens is 338 g/mol. The molecule has 0 spiro atoms. The van der Waals surface area contributed by atoms with Crippen LogP contribution in [0.15, 0.2) is 48.5 Å². The highest BCUT2D eigenvalue weighted by Crippen LogP contribution is 2.41. The number of carbonyl (C=O) groups is 1. The van der Waals surface area contributed by atoms with E-state index in [1.807, 2.05) is 48.5 Å². The zero-order valence-electron chi connectivity index (χ0n) is 13.4. The molecule has 0 aliphatic heterocycles. The van der Waals surface area contributed by atoms with Crippen molar-refractivity contribution in [1.82, 2.24) is 15.4 Å². The normalized spacial score (nSPS) is 11.1. The molecule has 1 heterocycles. The highest BCUT2D eigenvalue weighted by molar-refractivity contribution is 6.42. The van der Waals surface area contributed by atoms with Gasteiger partial charge in [0.15, 0.2) is 5.69 Å². The van der Waals surface area contributed by atoms with Crippen molar-refractivity contribution in [1.29, 1.82) is 0 Å². The van der Waals surface area contributed by atoms with Gasteiger partial charge in [0.2, 0.25) is 0 Å². The van der Waals surface area contributed by atoms with Crippen LogP contribution in [0.25, 0.3) is 32.8 Å². The predicted molar refractivity (Wildman–Crippen MR) is 97.8 cm³/mol. The second kappa shape index (κ2) is 6.18. The summed E-state index contributed by atoms with van der Waals surface area (Å²) >= 11 is 6.62. The van der Waals surface area contributed by atoms with Gasteiger partial charge in [0, 0.05) is 16.3 Å². The topological polar surface area (TPSA) is 67.9 Å². The molecule has 0 aliphatic rings. The second-order valence-corrected chi connectivity index (χ2v) is 5.90. The maximum absolute atomic E-state index is 12.3. The number of halogens is 1. The van der Waals surface area contributed by atoms with Crippen molar-refractivity contribution in [3.05, 3.63) is 59.2 Å². The van der Waals surface area contributed by atoms with Crippen LogP contribution in [0, 0.1) is 0 Å². The lowest BCUT2D eigenvalue weighted by Gasteiger charge is -2.12. The molecule has 6 heteroatoms. The number of H-pyrrole nitrogens is 1. The molecular formula is C19H14ClN3O2. The molecule has 0 aliphatic carbocycles. The molecule has 25 heavy (non-hydrogen) atoms. The molecule has 0 bridgehead atoms. The molecule has 124 valence electrons. The third-order valence-corrected chi connectivity index (χ3v) is 4.53. The van der Waals surface area contributed by atoms with Crippen molar-refractivity contribution >= 4 is 39.1 Å². The molecule has 0 saturated carbocycles. The zero-order valence-corrected chi connectivity index (χ0v) is 14.2. The van der Waals surface area contributed by atoms with Gasteiger partial charge in [0.25, 0.3) is 0 Å². The standard InChI is InChI=1S/C19H14ClN3O2/c1-2-25-19(24)18-17(21-23-22-18)15-11-7-3-5-9-13(11)16(20)14-10-6-4-8-12(14)15/h3-10H,2H2,1H3,(H,21,22,23). The predicted octanol–water partition coefficient (Wildman–Crippen LogP) is 4.61. The summed E-state index contributed by atoms with van der Waals surface area (Å²) in [5, 5.41) is 15.1. The summed E-state index contributed by atoms with van der Waals surface area (Å²) in [5.41, 5.74) is 1.44. The van der Waals surface area contributed by atoms with E-state index >= 15 is 0 Å². The van der Waals surface area contributed by atoms with Gasteiger partial charge in [-0.1, -0.05) is 60.1 Å². The highest BCUT2D eigenvalue weighted by atomic mass is 35.5. The Morgan fingerprint density at radius 2 is 1.56 bits per heavy atom. The van der Waals surface area contributed by atoms with Crippen molar-refractivity contribution in [3.8, 4) is 11.3 Å². The second-order valence-electron chi connectivity index (χ2n) is 5.52. The van der Waals surface area contributed by atoms with Crippen LogP contribution < -0.4 is 0 Å². The minimum atomic E-state index is -0.505. The van der Waals surface area contributed by atoms with Gasteiger partial charge < -0.3 is 4.74 Å². The minimum Gasteiger partial charge on any atom is -0.461 e.